The zero-order valence-corrected chi connectivity index (χ0v) is 15.9. The van der Waals surface area contributed by atoms with Gasteiger partial charge in [0.25, 0.3) is 11.8 Å². The predicted molar refractivity (Wildman–Crippen MR) is 108 cm³/mol. The van der Waals surface area contributed by atoms with Crippen LogP contribution in [0, 0.1) is 11.3 Å². The molecule has 7 heteroatoms. The number of ether oxygens (including phenoxy) is 1. The maximum Gasteiger partial charge on any atom is 0.269 e. The molecule has 0 heterocycles. The fourth-order valence-corrected chi connectivity index (χ4v) is 2.56. The van der Waals surface area contributed by atoms with E-state index in [9.17, 15) is 9.59 Å². The molecular weight excluding hydrogens is 390 g/mol. The van der Waals surface area contributed by atoms with Crippen LogP contribution in [0.1, 0.15) is 31.8 Å². The van der Waals surface area contributed by atoms with E-state index in [4.69, 9.17) is 21.6 Å². The van der Waals surface area contributed by atoms with Crippen LogP contribution >= 0.6 is 11.6 Å². The first-order valence-electron chi connectivity index (χ1n) is 8.63. The number of hydrogen-bond donors (Lipinski definition) is 2. The third kappa shape index (κ3) is 5.58. The Bertz CT molecular complexity index is 1060. The third-order valence-electron chi connectivity index (χ3n) is 3.98. The highest BCUT2D eigenvalue weighted by Crippen LogP contribution is 2.17. The van der Waals surface area contributed by atoms with Crippen LogP contribution in [0.15, 0.2) is 72.8 Å². The molecule has 0 aromatic heterocycles. The van der Waals surface area contributed by atoms with Gasteiger partial charge in [0.1, 0.15) is 12.4 Å². The monoisotopic (exact) mass is 405 g/mol. The van der Waals surface area contributed by atoms with E-state index in [-0.39, 0.29) is 5.56 Å². The molecule has 0 aliphatic heterocycles. The summed E-state index contributed by atoms with van der Waals surface area (Å²) in [6, 6.07) is 22.0. The molecule has 6 nitrogen and oxygen atoms in total. The molecule has 2 amide bonds. The standard InChI is InChI=1S/C22H16ClN3O3/c23-19-8-10-20(11-9-19)29-14-15-4-6-17(7-5-15)21(27)25-26-22(28)18-3-1-2-16(12-18)13-24/h1-12H,14H2,(H,25,27)(H,26,28). The molecule has 29 heavy (non-hydrogen) atoms. The largest absolute Gasteiger partial charge is 0.489 e. The van der Waals surface area contributed by atoms with Crippen LogP contribution < -0.4 is 15.6 Å². The predicted octanol–water partition coefficient (Wildman–Crippen LogP) is 3.87. The Labute approximate surface area is 172 Å². The van der Waals surface area contributed by atoms with Gasteiger partial charge in [-0.25, -0.2) is 0 Å². The van der Waals surface area contributed by atoms with Crippen molar-refractivity contribution < 1.29 is 14.3 Å². The summed E-state index contributed by atoms with van der Waals surface area (Å²) in [6.07, 6.45) is 0. The third-order valence-corrected chi connectivity index (χ3v) is 4.23. The maximum absolute atomic E-state index is 12.2. The van der Waals surface area contributed by atoms with Crippen LogP contribution in [0.4, 0.5) is 0 Å². The quantitative estimate of drug-likeness (QED) is 0.630. The van der Waals surface area contributed by atoms with Crippen molar-refractivity contribution in [3.05, 3.63) is 100 Å². The zero-order valence-electron chi connectivity index (χ0n) is 15.2. The summed E-state index contributed by atoms with van der Waals surface area (Å²) in [5.74, 6) is -0.275. The lowest BCUT2D eigenvalue weighted by Gasteiger charge is -2.09. The van der Waals surface area contributed by atoms with Crippen molar-refractivity contribution >= 4 is 23.4 Å². The number of hydrogen-bond acceptors (Lipinski definition) is 4. The molecule has 0 saturated heterocycles. The fourth-order valence-electron chi connectivity index (χ4n) is 2.44. The number of benzene rings is 3. The van der Waals surface area contributed by atoms with Crippen LogP contribution in [0.25, 0.3) is 0 Å². The first-order chi connectivity index (χ1) is 14.0. The molecule has 3 aromatic carbocycles. The summed E-state index contributed by atoms with van der Waals surface area (Å²) in [7, 11) is 0. The number of carbonyl (C=O) groups excluding carboxylic acids is 2. The Morgan fingerprint density at radius 3 is 2.21 bits per heavy atom. The van der Waals surface area contributed by atoms with Gasteiger partial charge in [0, 0.05) is 16.1 Å². The van der Waals surface area contributed by atoms with Gasteiger partial charge in [0.15, 0.2) is 0 Å². The van der Waals surface area contributed by atoms with E-state index in [1.807, 2.05) is 6.07 Å². The minimum Gasteiger partial charge on any atom is -0.489 e. The van der Waals surface area contributed by atoms with Gasteiger partial charge in [0.05, 0.1) is 11.6 Å². The van der Waals surface area contributed by atoms with Crippen molar-refractivity contribution in [3.8, 4) is 11.8 Å². The van der Waals surface area contributed by atoms with Crippen LogP contribution in [0.5, 0.6) is 5.75 Å². The summed E-state index contributed by atoms with van der Waals surface area (Å²) in [4.78, 5) is 24.3. The van der Waals surface area contributed by atoms with Crippen molar-refractivity contribution in [2.45, 2.75) is 6.61 Å². The average Bonchev–Trinajstić information content (AvgIpc) is 2.77. The fraction of sp³-hybridized carbons (Fsp3) is 0.0455. The van der Waals surface area contributed by atoms with Crippen molar-refractivity contribution in [3.63, 3.8) is 0 Å². The molecule has 0 radical (unpaired) electrons. The molecule has 0 fully saturated rings. The SMILES string of the molecule is N#Cc1cccc(C(=O)NNC(=O)c2ccc(COc3ccc(Cl)cc3)cc2)c1. The zero-order chi connectivity index (χ0) is 20.6. The summed E-state index contributed by atoms with van der Waals surface area (Å²) >= 11 is 5.84. The minimum absolute atomic E-state index is 0.277. The van der Waals surface area contributed by atoms with Gasteiger partial charge in [-0.15, -0.1) is 0 Å². The Hall–Kier alpha value is -3.82. The topological polar surface area (TPSA) is 91.2 Å². The van der Waals surface area contributed by atoms with Gasteiger partial charge in [-0.1, -0.05) is 29.8 Å². The van der Waals surface area contributed by atoms with Gasteiger partial charge in [-0.3, -0.25) is 20.4 Å². The van der Waals surface area contributed by atoms with Gasteiger partial charge in [-0.2, -0.15) is 5.26 Å². The van der Waals surface area contributed by atoms with E-state index < -0.39 is 11.8 Å². The molecule has 0 saturated carbocycles. The Morgan fingerprint density at radius 1 is 0.897 bits per heavy atom. The molecule has 0 aliphatic rings. The van der Waals surface area contributed by atoms with Gasteiger partial charge < -0.3 is 4.74 Å². The first-order valence-corrected chi connectivity index (χ1v) is 9.01. The van der Waals surface area contributed by atoms with Crippen LogP contribution in [-0.4, -0.2) is 11.8 Å². The van der Waals surface area contributed by atoms with Crippen molar-refractivity contribution in [2.24, 2.45) is 0 Å². The molecular formula is C22H16ClN3O3. The summed E-state index contributed by atoms with van der Waals surface area (Å²) < 4.78 is 5.66. The molecule has 0 bridgehead atoms. The normalized spacial score (nSPS) is 9.93. The lowest BCUT2D eigenvalue weighted by atomic mass is 10.1. The highest BCUT2D eigenvalue weighted by molar-refractivity contribution is 6.30. The molecule has 0 spiro atoms. The van der Waals surface area contributed by atoms with Crippen LogP contribution in [0.3, 0.4) is 0 Å². The second-order valence-corrected chi connectivity index (χ2v) is 6.48. The highest BCUT2D eigenvalue weighted by Gasteiger charge is 2.10. The number of hydrazine groups is 1. The van der Waals surface area contributed by atoms with E-state index in [2.05, 4.69) is 10.9 Å². The van der Waals surface area contributed by atoms with Crippen molar-refractivity contribution in [2.75, 3.05) is 0 Å². The number of nitrogens with zero attached hydrogens (tertiary/aromatic N) is 1. The van der Waals surface area contributed by atoms with Gasteiger partial charge in [0.2, 0.25) is 0 Å². The smallest absolute Gasteiger partial charge is 0.269 e. The molecule has 3 rings (SSSR count). The van der Waals surface area contributed by atoms with Crippen molar-refractivity contribution in [1.82, 2.24) is 10.9 Å². The van der Waals surface area contributed by atoms with Crippen molar-refractivity contribution in [1.29, 1.82) is 5.26 Å². The average molecular weight is 406 g/mol. The van der Waals surface area contributed by atoms with Gasteiger partial charge >= 0.3 is 0 Å². The maximum atomic E-state index is 12.2. The lowest BCUT2D eigenvalue weighted by molar-refractivity contribution is 0.0846. The molecule has 2 N–H and O–H groups in total. The van der Waals surface area contributed by atoms with E-state index in [1.54, 1.807) is 66.7 Å². The number of halogens is 1. The van der Waals surface area contributed by atoms with Crippen LogP contribution in [0.2, 0.25) is 5.02 Å². The van der Waals surface area contributed by atoms with E-state index >= 15 is 0 Å². The number of rotatable bonds is 5. The minimum atomic E-state index is -0.511. The Morgan fingerprint density at radius 2 is 1.55 bits per heavy atom. The lowest BCUT2D eigenvalue weighted by Crippen LogP contribution is -2.41. The highest BCUT2D eigenvalue weighted by atomic mass is 35.5. The summed E-state index contributed by atoms with van der Waals surface area (Å²) in [6.45, 7) is 0.343. The van der Waals surface area contributed by atoms with Crippen LogP contribution in [-0.2, 0) is 6.61 Å². The number of carbonyl (C=O) groups is 2. The Kier molecular flexibility index (Phi) is 6.46. The van der Waals surface area contributed by atoms with Gasteiger partial charge in [-0.05, 0) is 60.2 Å². The number of amides is 2. The molecule has 0 unspecified atom stereocenters. The first kappa shape index (κ1) is 19.9. The molecule has 3 aromatic rings. The number of nitrogens with one attached hydrogen (secondary N) is 2. The molecule has 0 atom stereocenters. The Balaban J connectivity index is 1.52. The number of nitriles is 1. The molecule has 0 aliphatic carbocycles. The van der Waals surface area contributed by atoms with E-state index in [0.717, 1.165) is 5.56 Å². The summed E-state index contributed by atoms with van der Waals surface area (Å²) in [5.41, 5.74) is 6.59. The summed E-state index contributed by atoms with van der Waals surface area (Å²) in [5, 5.41) is 9.52. The van der Waals surface area contributed by atoms with E-state index in [1.165, 1.54) is 6.07 Å². The second-order valence-electron chi connectivity index (χ2n) is 6.04. The van der Waals surface area contributed by atoms with E-state index in [0.29, 0.717) is 28.5 Å². The molecule has 144 valence electrons. The second kappa shape index (κ2) is 9.40.